The minimum Gasteiger partial charge on any atom is -0.497 e. The van der Waals surface area contributed by atoms with Crippen LogP contribution in [-0.2, 0) is 6.42 Å². The molecule has 0 atom stereocenters. The van der Waals surface area contributed by atoms with Crippen LogP contribution in [0.25, 0.3) is 10.9 Å². The van der Waals surface area contributed by atoms with E-state index < -0.39 is 11.5 Å². The van der Waals surface area contributed by atoms with Gasteiger partial charge in [0.15, 0.2) is 5.78 Å². The van der Waals surface area contributed by atoms with Gasteiger partial charge in [-0.05, 0) is 30.3 Å². The molecule has 2 aromatic carbocycles. The molecule has 0 amide bonds. The highest BCUT2D eigenvalue weighted by Crippen LogP contribution is 2.15. The number of aromatic amines is 1. The van der Waals surface area contributed by atoms with E-state index in [2.05, 4.69) is 9.97 Å². The molecular weight excluding hydrogens is 324 g/mol. The lowest BCUT2D eigenvalue weighted by Gasteiger charge is -2.05. The molecule has 25 heavy (non-hydrogen) atoms. The van der Waals surface area contributed by atoms with Crippen LogP contribution in [0.4, 0.5) is 0 Å². The molecule has 0 aliphatic rings. The van der Waals surface area contributed by atoms with Gasteiger partial charge >= 0.3 is 5.97 Å². The molecule has 126 valence electrons. The first kappa shape index (κ1) is 16.4. The summed E-state index contributed by atoms with van der Waals surface area (Å²) in [7, 11) is 1.51. The fourth-order valence-electron chi connectivity index (χ4n) is 2.46. The van der Waals surface area contributed by atoms with Crippen molar-refractivity contribution in [3.05, 3.63) is 69.8 Å². The van der Waals surface area contributed by atoms with Crippen LogP contribution in [0.1, 0.15) is 26.5 Å². The Labute approximate surface area is 141 Å². The van der Waals surface area contributed by atoms with Crippen LogP contribution in [0.3, 0.4) is 0 Å². The number of carboxylic acids is 1. The third-order valence-electron chi connectivity index (χ3n) is 3.72. The first-order chi connectivity index (χ1) is 12.0. The fourth-order valence-corrected chi connectivity index (χ4v) is 2.46. The number of aromatic nitrogens is 2. The average Bonchev–Trinajstić information content (AvgIpc) is 2.61. The lowest BCUT2D eigenvalue weighted by atomic mass is 10.1. The Hall–Kier alpha value is -3.48. The maximum atomic E-state index is 12.4. The third-order valence-corrected chi connectivity index (χ3v) is 3.72. The van der Waals surface area contributed by atoms with Crippen molar-refractivity contribution in [3.8, 4) is 5.75 Å². The van der Waals surface area contributed by atoms with Gasteiger partial charge in [-0.1, -0.05) is 12.1 Å². The number of Topliss-reactive ketones (excluding diaryl/α,β-unsaturated/α-hetero) is 1. The summed E-state index contributed by atoms with van der Waals surface area (Å²) in [5.74, 6) is -0.626. The molecule has 0 aliphatic heterocycles. The third kappa shape index (κ3) is 3.40. The second-order valence-electron chi connectivity index (χ2n) is 5.38. The number of hydrogen-bond acceptors (Lipinski definition) is 5. The Morgan fingerprint density at radius 1 is 1.16 bits per heavy atom. The molecule has 7 heteroatoms. The van der Waals surface area contributed by atoms with Crippen LogP contribution in [0.15, 0.2) is 47.3 Å². The van der Waals surface area contributed by atoms with Crippen LogP contribution in [0.2, 0.25) is 0 Å². The van der Waals surface area contributed by atoms with E-state index >= 15 is 0 Å². The Morgan fingerprint density at radius 2 is 1.96 bits per heavy atom. The van der Waals surface area contributed by atoms with Crippen molar-refractivity contribution in [2.45, 2.75) is 6.42 Å². The van der Waals surface area contributed by atoms with Crippen molar-refractivity contribution in [1.82, 2.24) is 9.97 Å². The summed E-state index contributed by atoms with van der Waals surface area (Å²) in [6.45, 7) is 0. The summed E-state index contributed by atoms with van der Waals surface area (Å²) in [6, 6.07) is 10.7. The molecule has 0 fully saturated rings. The van der Waals surface area contributed by atoms with Gasteiger partial charge in [0.05, 0.1) is 30.0 Å². The molecule has 0 bridgehead atoms. The highest BCUT2D eigenvalue weighted by atomic mass is 16.5. The Kier molecular flexibility index (Phi) is 4.30. The molecule has 2 N–H and O–H groups in total. The number of ketones is 1. The van der Waals surface area contributed by atoms with Crippen molar-refractivity contribution in [2.24, 2.45) is 0 Å². The largest absolute Gasteiger partial charge is 0.497 e. The Morgan fingerprint density at radius 3 is 2.68 bits per heavy atom. The monoisotopic (exact) mass is 338 g/mol. The number of nitrogens with one attached hydrogen (secondary N) is 1. The van der Waals surface area contributed by atoms with E-state index in [0.717, 1.165) is 0 Å². The number of rotatable bonds is 5. The standard InChI is InChI=1S/C18H14N2O5/c1-25-12-4-2-3-10(7-12)15(21)9-16-19-14-8-11(18(23)24)5-6-13(14)17(22)20-16/h2-8H,9H2,1H3,(H,23,24)(H,19,20,22). The number of hydrogen-bond donors (Lipinski definition) is 2. The summed E-state index contributed by atoms with van der Waals surface area (Å²) >= 11 is 0. The van der Waals surface area contributed by atoms with Gasteiger partial charge in [0.25, 0.3) is 5.56 Å². The molecule has 0 saturated heterocycles. The van der Waals surface area contributed by atoms with Gasteiger partial charge in [-0.25, -0.2) is 9.78 Å². The van der Waals surface area contributed by atoms with E-state index in [0.29, 0.717) is 11.3 Å². The number of benzene rings is 2. The number of nitrogens with zero attached hydrogens (tertiary/aromatic N) is 1. The minimum atomic E-state index is -1.11. The molecule has 7 nitrogen and oxygen atoms in total. The minimum absolute atomic E-state index is 0.0238. The Balaban J connectivity index is 1.96. The number of carboxylic acid groups (broad SMARTS) is 1. The molecule has 1 heterocycles. The smallest absolute Gasteiger partial charge is 0.335 e. The van der Waals surface area contributed by atoms with E-state index in [4.69, 9.17) is 9.84 Å². The SMILES string of the molecule is COc1cccc(C(=O)Cc2nc3cc(C(=O)O)ccc3c(=O)[nH]2)c1. The number of methoxy groups -OCH3 is 1. The topological polar surface area (TPSA) is 109 Å². The zero-order valence-electron chi connectivity index (χ0n) is 13.3. The lowest BCUT2D eigenvalue weighted by Crippen LogP contribution is -2.15. The average molecular weight is 338 g/mol. The van der Waals surface area contributed by atoms with E-state index in [-0.39, 0.29) is 34.5 Å². The van der Waals surface area contributed by atoms with Gasteiger partial charge in [-0.15, -0.1) is 0 Å². The lowest BCUT2D eigenvalue weighted by molar-refractivity contribution is 0.0696. The molecule has 0 saturated carbocycles. The molecule has 0 radical (unpaired) electrons. The highest BCUT2D eigenvalue weighted by molar-refractivity contribution is 5.98. The van der Waals surface area contributed by atoms with Gasteiger partial charge < -0.3 is 14.8 Å². The van der Waals surface area contributed by atoms with Gasteiger partial charge in [0.2, 0.25) is 0 Å². The number of carbonyl (C=O) groups is 2. The Bertz CT molecular complexity index is 1040. The molecular formula is C18H14N2O5. The molecule has 1 aromatic heterocycles. The summed E-state index contributed by atoms with van der Waals surface area (Å²) < 4.78 is 5.09. The van der Waals surface area contributed by atoms with Crippen LogP contribution in [-0.4, -0.2) is 33.9 Å². The first-order valence-electron chi connectivity index (χ1n) is 7.41. The molecule has 0 unspecified atom stereocenters. The second kappa shape index (κ2) is 6.56. The van der Waals surface area contributed by atoms with Gasteiger partial charge in [0, 0.05) is 5.56 Å². The number of aromatic carboxylic acids is 1. The number of ether oxygens (including phenoxy) is 1. The zero-order valence-corrected chi connectivity index (χ0v) is 13.3. The van der Waals surface area contributed by atoms with Crippen molar-refractivity contribution < 1.29 is 19.4 Å². The maximum absolute atomic E-state index is 12.4. The van der Waals surface area contributed by atoms with E-state index in [1.807, 2.05) is 0 Å². The molecule has 0 aliphatic carbocycles. The summed E-state index contributed by atoms with van der Waals surface area (Å²) in [6.07, 6.45) is -0.115. The van der Waals surface area contributed by atoms with E-state index in [9.17, 15) is 14.4 Å². The predicted octanol–water partition coefficient (Wildman–Crippen LogP) is 2.06. The van der Waals surface area contributed by atoms with Crippen LogP contribution >= 0.6 is 0 Å². The highest BCUT2D eigenvalue weighted by Gasteiger charge is 2.13. The predicted molar refractivity (Wildman–Crippen MR) is 90.4 cm³/mol. The summed E-state index contributed by atoms with van der Waals surface area (Å²) in [5.41, 5.74) is 0.268. The molecule has 3 aromatic rings. The van der Waals surface area contributed by atoms with Crippen molar-refractivity contribution in [3.63, 3.8) is 0 Å². The fraction of sp³-hybridized carbons (Fsp3) is 0.111. The normalized spacial score (nSPS) is 10.6. The maximum Gasteiger partial charge on any atom is 0.335 e. The van der Waals surface area contributed by atoms with Crippen molar-refractivity contribution >= 4 is 22.7 Å². The van der Waals surface area contributed by atoms with Gasteiger partial charge in [-0.2, -0.15) is 0 Å². The molecule has 3 rings (SSSR count). The quantitative estimate of drug-likeness (QED) is 0.689. The second-order valence-corrected chi connectivity index (χ2v) is 5.38. The number of H-pyrrole nitrogens is 1. The van der Waals surface area contributed by atoms with E-state index in [1.54, 1.807) is 24.3 Å². The van der Waals surface area contributed by atoms with Crippen molar-refractivity contribution in [2.75, 3.05) is 7.11 Å². The number of fused-ring (bicyclic) bond motifs is 1. The first-order valence-corrected chi connectivity index (χ1v) is 7.41. The van der Waals surface area contributed by atoms with Crippen molar-refractivity contribution in [1.29, 1.82) is 0 Å². The van der Waals surface area contributed by atoms with Crippen LogP contribution < -0.4 is 10.3 Å². The summed E-state index contributed by atoms with van der Waals surface area (Å²) in [5, 5.41) is 9.31. The summed E-state index contributed by atoms with van der Waals surface area (Å²) in [4.78, 5) is 42.4. The van der Waals surface area contributed by atoms with E-state index in [1.165, 1.54) is 25.3 Å². The zero-order chi connectivity index (χ0) is 18.0. The van der Waals surface area contributed by atoms with Gasteiger partial charge in [0.1, 0.15) is 11.6 Å². The van der Waals surface area contributed by atoms with Crippen LogP contribution in [0.5, 0.6) is 5.75 Å². The van der Waals surface area contributed by atoms with Crippen LogP contribution in [0, 0.1) is 0 Å². The molecule has 0 spiro atoms. The van der Waals surface area contributed by atoms with Gasteiger partial charge in [-0.3, -0.25) is 9.59 Å². The number of carbonyl (C=O) groups excluding carboxylic acids is 1.